The third kappa shape index (κ3) is 2.86. The number of nitrogens with zero attached hydrogens (tertiary/aromatic N) is 2. The number of rotatable bonds is 6. The monoisotopic (exact) mass is 258 g/mol. The second kappa shape index (κ2) is 5.30. The Morgan fingerprint density at radius 1 is 1.53 bits per heavy atom. The molecule has 0 spiro atoms. The topological polar surface area (TPSA) is 62.7 Å². The maximum absolute atomic E-state index is 12.1. The molecule has 0 saturated heterocycles. The van der Waals surface area contributed by atoms with E-state index < -0.39 is 0 Å². The average molecular weight is 258 g/mol. The lowest BCUT2D eigenvalue weighted by Crippen LogP contribution is -2.27. The van der Waals surface area contributed by atoms with E-state index in [1.54, 1.807) is 6.20 Å². The maximum Gasteiger partial charge on any atom is 0.267 e. The fourth-order valence-electron chi connectivity index (χ4n) is 2.24. The van der Waals surface area contributed by atoms with Gasteiger partial charge in [0.05, 0.1) is 0 Å². The van der Waals surface area contributed by atoms with Gasteiger partial charge in [0, 0.05) is 37.6 Å². The fraction of sp³-hybridized carbons (Fsp3) is 0.429. The molecular formula is C14H18N4O. The molecule has 0 aliphatic heterocycles. The summed E-state index contributed by atoms with van der Waals surface area (Å²) in [5, 5.41) is 2.97. The van der Waals surface area contributed by atoms with Gasteiger partial charge in [-0.2, -0.15) is 0 Å². The van der Waals surface area contributed by atoms with Crippen molar-refractivity contribution in [1.82, 2.24) is 19.9 Å². The van der Waals surface area contributed by atoms with E-state index in [-0.39, 0.29) is 5.91 Å². The minimum Gasteiger partial charge on any atom is -0.351 e. The average Bonchev–Trinajstić information content (AvgIpc) is 2.95. The highest BCUT2D eigenvalue weighted by Gasteiger charge is 2.26. The minimum absolute atomic E-state index is 0.0244. The molecule has 0 bridgehead atoms. The third-order valence-electron chi connectivity index (χ3n) is 3.38. The molecule has 1 amide bonds. The Bertz CT molecular complexity index is 540. The van der Waals surface area contributed by atoms with Crippen LogP contribution < -0.4 is 5.32 Å². The molecule has 19 heavy (non-hydrogen) atoms. The Balaban J connectivity index is 1.47. The lowest BCUT2D eigenvalue weighted by molar-refractivity contribution is 0.0943. The van der Waals surface area contributed by atoms with E-state index in [1.165, 1.54) is 12.8 Å². The summed E-state index contributed by atoms with van der Waals surface area (Å²) in [4.78, 5) is 19.3. The fourth-order valence-corrected chi connectivity index (χ4v) is 2.24. The summed E-state index contributed by atoms with van der Waals surface area (Å²) in [6, 6.07) is 4.37. The summed E-state index contributed by atoms with van der Waals surface area (Å²) in [6.45, 7) is 0.676. The summed E-state index contributed by atoms with van der Waals surface area (Å²) < 4.78 is 2.09. The van der Waals surface area contributed by atoms with Gasteiger partial charge in [-0.1, -0.05) is 0 Å². The van der Waals surface area contributed by atoms with Gasteiger partial charge in [0.1, 0.15) is 11.5 Å². The van der Waals surface area contributed by atoms with Crippen molar-refractivity contribution in [3.8, 4) is 0 Å². The predicted molar refractivity (Wildman–Crippen MR) is 71.9 cm³/mol. The summed E-state index contributed by atoms with van der Waals surface area (Å²) in [5.41, 5.74) is 0.778. The normalized spacial score (nSPS) is 14.5. The van der Waals surface area contributed by atoms with Gasteiger partial charge in [0.2, 0.25) is 0 Å². The molecule has 1 aliphatic rings. The Hall–Kier alpha value is -2.04. The third-order valence-corrected chi connectivity index (χ3v) is 3.38. The second-order valence-corrected chi connectivity index (χ2v) is 4.93. The first-order valence-corrected chi connectivity index (χ1v) is 6.78. The summed E-state index contributed by atoms with van der Waals surface area (Å²) in [6.07, 6.45) is 9.68. The zero-order valence-electron chi connectivity index (χ0n) is 10.8. The van der Waals surface area contributed by atoms with Crippen LogP contribution in [0.2, 0.25) is 0 Å². The van der Waals surface area contributed by atoms with Gasteiger partial charge >= 0.3 is 0 Å². The number of aromatic amines is 1. The van der Waals surface area contributed by atoms with Crippen molar-refractivity contribution in [2.24, 2.45) is 0 Å². The summed E-state index contributed by atoms with van der Waals surface area (Å²) in [5.74, 6) is 0.993. The Morgan fingerprint density at radius 2 is 2.42 bits per heavy atom. The molecule has 0 radical (unpaired) electrons. The number of hydrogen-bond donors (Lipinski definition) is 2. The second-order valence-electron chi connectivity index (χ2n) is 4.93. The zero-order chi connectivity index (χ0) is 13.1. The van der Waals surface area contributed by atoms with Gasteiger partial charge < -0.3 is 14.9 Å². The molecule has 5 heteroatoms. The SMILES string of the molecule is O=C(NCCCc1ncc[nH]1)c1cccn1C1CC1. The molecule has 1 aliphatic carbocycles. The smallest absolute Gasteiger partial charge is 0.267 e. The van der Waals surface area contributed by atoms with Crippen LogP contribution in [0.4, 0.5) is 0 Å². The first-order valence-electron chi connectivity index (χ1n) is 6.78. The van der Waals surface area contributed by atoms with E-state index >= 15 is 0 Å². The summed E-state index contributed by atoms with van der Waals surface area (Å²) >= 11 is 0. The van der Waals surface area contributed by atoms with Crippen molar-refractivity contribution in [3.05, 3.63) is 42.2 Å². The van der Waals surface area contributed by atoms with E-state index in [2.05, 4.69) is 19.9 Å². The van der Waals surface area contributed by atoms with Gasteiger partial charge in [-0.3, -0.25) is 4.79 Å². The lowest BCUT2D eigenvalue weighted by Gasteiger charge is -2.08. The number of carbonyl (C=O) groups excluding carboxylic acids is 1. The number of imidazole rings is 1. The van der Waals surface area contributed by atoms with Gasteiger partial charge in [-0.05, 0) is 31.4 Å². The van der Waals surface area contributed by atoms with E-state index in [4.69, 9.17) is 0 Å². The number of amides is 1. The molecule has 5 nitrogen and oxygen atoms in total. The van der Waals surface area contributed by atoms with Crippen molar-refractivity contribution >= 4 is 5.91 Å². The number of H-pyrrole nitrogens is 1. The minimum atomic E-state index is 0.0244. The molecular weight excluding hydrogens is 240 g/mol. The van der Waals surface area contributed by atoms with Gasteiger partial charge in [-0.25, -0.2) is 4.98 Å². The Kier molecular flexibility index (Phi) is 3.35. The highest BCUT2D eigenvalue weighted by Crippen LogP contribution is 2.35. The predicted octanol–water partition coefficient (Wildman–Crippen LogP) is 1.91. The van der Waals surface area contributed by atoms with E-state index in [0.717, 1.165) is 24.4 Å². The van der Waals surface area contributed by atoms with Crippen molar-refractivity contribution in [3.63, 3.8) is 0 Å². The quantitative estimate of drug-likeness (QED) is 0.777. The zero-order valence-corrected chi connectivity index (χ0v) is 10.8. The molecule has 0 unspecified atom stereocenters. The lowest BCUT2D eigenvalue weighted by atomic mass is 10.3. The van der Waals surface area contributed by atoms with Crippen LogP contribution >= 0.6 is 0 Å². The molecule has 2 N–H and O–H groups in total. The molecule has 0 atom stereocenters. The van der Waals surface area contributed by atoms with Crippen LogP contribution in [0.25, 0.3) is 0 Å². The van der Waals surface area contributed by atoms with Gasteiger partial charge in [0.15, 0.2) is 0 Å². The molecule has 2 aromatic rings. The van der Waals surface area contributed by atoms with Crippen LogP contribution in [0, 0.1) is 0 Å². The van der Waals surface area contributed by atoms with Crippen LogP contribution in [0.5, 0.6) is 0 Å². The van der Waals surface area contributed by atoms with Crippen molar-refractivity contribution in [1.29, 1.82) is 0 Å². The number of aryl methyl sites for hydroxylation is 1. The van der Waals surface area contributed by atoms with Crippen LogP contribution in [0.15, 0.2) is 30.7 Å². The van der Waals surface area contributed by atoms with Crippen molar-refractivity contribution in [2.45, 2.75) is 31.7 Å². The number of nitrogens with one attached hydrogen (secondary N) is 2. The number of aromatic nitrogens is 3. The molecule has 2 aromatic heterocycles. The van der Waals surface area contributed by atoms with E-state index in [1.807, 2.05) is 24.5 Å². The maximum atomic E-state index is 12.1. The van der Waals surface area contributed by atoms with Crippen LogP contribution in [0.3, 0.4) is 0 Å². The standard InChI is InChI=1S/C14H18N4O/c19-14(12-3-2-10-18(12)11-5-6-11)17-7-1-4-13-15-8-9-16-13/h2-3,8-11H,1,4-7H2,(H,15,16)(H,17,19). The van der Waals surface area contributed by atoms with Crippen LogP contribution in [0.1, 0.15) is 41.6 Å². The summed E-state index contributed by atoms with van der Waals surface area (Å²) in [7, 11) is 0. The van der Waals surface area contributed by atoms with E-state index in [9.17, 15) is 4.79 Å². The highest BCUT2D eigenvalue weighted by molar-refractivity contribution is 5.92. The first kappa shape index (κ1) is 12.0. The van der Waals surface area contributed by atoms with Crippen LogP contribution in [-0.4, -0.2) is 27.0 Å². The number of carbonyl (C=O) groups is 1. The van der Waals surface area contributed by atoms with Gasteiger partial charge in [-0.15, -0.1) is 0 Å². The Morgan fingerprint density at radius 3 is 3.16 bits per heavy atom. The highest BCUT2D eigenvalue weighted by atomic mass is 16.1. The van der Waals surface area contributed by atoms with Crippen molar-refractivity contribution in [2.75, 3.05) is 6.54 Å². The van der Waals surface area contributed by atoms with E-state index in [0.29, 0.717) is 12.6 Å². The molecule has 1 saturated carbocycles. The van der Waals surface area contributed by atoms with Crippen LogP contribution in [-0.2, 0) is 6.42 Å². The first-order chi connectivity index (χ1) is 9.34. The van der Waals surface area contributed by atoms with Gasteiger partial charge in [0.25, 0.3) is 5.91 Å². The molecule has 2 heterocycles. The molecule has 1 fully saturated rings. The largest absolute Gasteiger partial charge is 0.351 e. The van der Waals surface area contributed by atoms with Crippen molar-refractivity contribution < 1.29 is 4.79 Å². The Labute approximate surface area is 112 Å². The molecule has 0 aromatic carbocycles. The molecule has 100 valence electrons. The molecule has 3 rings (SSSR count). The number of hydrogen-bond acceptors (Lipinski definition) is 2.